The SMILES string of the molecule is C[C@@H](CCNC(=O)C1CC1)N(C)C(=O)OC(C)(C)C. The van der Waals surface area contributed by atoms with Gasteiger partial charge in [-0.25, -0.2) is 4.79 Å². The molecule has 1 fully saturated rings. The van der Waals surface area contributed by atoms with Crippen LogP contribution in [0.1, 0.15) is 47.0 Å². The highest BCUT2D eigenvalue weighted by molar-refractivity contribution is 5.80. The fourth-order valence-corrected chi connectivity index (χ4v) is 1.60. The number of carbonyl (C=O) groups is 2. The minimum absolute atomic E-state index is 0.0364. The normalized spacial score (nSPS) is 16.7. The number of nitrogens with one attached hydrogen (secondary N) is 1. The van der Waals surface area contributed by atoms with Gasteiger partial charge < -0.3 is 15.0 Å². The van der Waals surface area contributed by atoms with Crippen molar-refractivity contribution in [1.29, 1.82) is 0 Å². The number of nitrogens with zero attached hydrogens (tertiary/aromatic N) is 1. The lowest BCUT2D eigenvalue weighted by Gasteiger charge is -2.28. The molecule has 1 N–H and O–H groups in total. The Kier molecular flexibility index (Phi) is 5.20. The van der Waals surface area contributed by atoms with Crippen LogP contribution in [0.5, 0.6) is 0 Å². The van der Waals surface area contributed by atoms with Crippen molar-refractivity contribution in [3.8, 4) is 0 Å². The molecule has 0 saturated heterocycles. The lowest BCUT2D eigenvalue weighted by atomic mass is 10.2. The summed E-state index contributed by atoms with van der Waals surface area (Å²) in [6.45, 7) is 8.09. The predicted molar refractivity (Wildman–Crippen MR) is 73.8 cm³/mol. The molecule has 1 rings (SSSR count). The fourth-order valence-electron chi connectivity index (χ4n) is 1.60. The van der Waals surface area contributed by atoms with Gasteiger partial charge in [0.25, 0.3) is 0 Å². The number of amides is 2. The summed E-state index contributed by atoms with van der Waals surface area (Å²) < 4.78 is 5.30. The van der Waals surface area contributed by atoms with Crippen molar-refractivity contribution in [2.45, 2.75) is 58.6 Å². The lowest BCUT2D eigenvalue weighted by Crippen LogP contribution is -2.41. The van der Waals surface area contributed by atoms with Crippen LogP contribution in [0.15, 0.2) is 0 Å². The summed E-state index contributed by atoms with van der Waals surface area (Å²) in [4.78, 5) is 24.9. The molecule has 0 heterocycles. The zero-order valence-corrected chi connectivity index (χ0v) is 12.7. The number of carbonyl (C=O) groups excluding carboxylic acids is 2. The van der Waals surface area contributed by atoms with E-state index in [1.807, 2.05) is 27.7 Å². The highest BCUT2D eigenvalue weighted by atomic mass is 16.6. The van der Waals surface area contributed by atoms with E-state index < -0.39 is 5.60 Å². The third-order valence-corrected chi connectivity index (χ3v) is 3.15. The Morgan fingerprint density at radius 3 is 2.42 bits per heavy atom. The van der Waals surface area contributed by atoms with Crippen LogP contribution >= 0.6 is 0 Å². The maximum atomic E-state index is 11.8. The second-order valence-corrected chi connectivity index (χ2v) is 6.29. The van der Waals surface area contributed by atoms with Crippen molar-refractivity contribution in [2.24, 2.45) is 5.92 Å². The van der Waals surface area contributed by atoms with Crippen LogP contribution in [0.4, 0.5) is 4.79 Å². The minimum atomic E-state index is -0.481. The van der Waals surface area contributed by atoms with Crippen LogP contribution in [0.25, 0.3) is 0 Å². The third-order valence-electron chi connectivity index (χ3n) is 3.15. The Hall–Kier alpha value is -1.26. The van der Waals surface area contributed by atoms with Gasteiger partial charge in [0, 0.05) is 25.6 Å². The zero-order chi connectivity index (χ0) is 14.6. The van der Waals surface area contributed by atoms with Crippen LogP contribution in [-0.2, 0) is 9.53 Å². The maximum absolute atomic E-state index is 11.8. The van der Waals surface area contributed by atoms with Gasteiger partial charge in [0.2, 0.25) is 5.91 Å². The van der Waals surface area contributed by atoms with Gasteiger partial charge in [-0.2, -0.15) is 0 Å². The van der Waals surface area contributed by atoms with Crippen LogP contribution < -0.4 is 5.32 Å². The van der Waals surface area contributed by atoms with Crippen molar-refractivity contribution in [3.05, 3.63) is 0 Å². The second-order valence-electron chi connectivity index (χ2n) is 6.29. The molecule has 0 aromatic heterocycles. The molecule has 0 spiro atoms. The summed E-state index contributed by atoms with van der Waals surface area (Å²) in [7, 11) is 1.72. The van der Waals surface area contributed by atoms with Gasteiger partial charge in [-0.05, 0) is 47.0 Å². The first kappa shape index (κ1) is 15.8. The molecule has 0 aliphatic heterocycles. The first-order chi connectivity index (χ1) is 8.70. The van der Waals surface area contributed by atoms with Gasteiger partial charge >= 0.3 is 6.09 Å². The fraction of sp³-hybridized carbons (Fsp3) is 0.857. The van der Waals surface area contributed by atoms with Crippen LogP contribution in [-0.4, -0.2) is 42.1 Å². The average molecular weight is 270 g/mol. The van der Waals surface area contributed by atoms with Gasteiger partial charge in [0.1, 0.15) is 5.60 Å². The number of hydrogen-bond acceptors (Lipinski definition) is 3. The van der Waals surface area contributed by atoms with E-state index in [-0.39, 0.29) is 24.0 Å². The summed E-state index contributed by atoms with van der Waals surface area (Å²) in [5.41, 5.74) is -0.481. The van der Waals surface area contributed by atoms with E-state index in [1.54, 1.807) is 11.9 Å². The first-order valence-corrected chi connectivity index (χ1v) is 6.94. The van der Waals surface area contributed by atoms with Crippen molar-refractivity contribution in [1.82, 2.24) is 10.2 Å². The van der Waals surface area contributed by atoms with Gasteiger partial charge in [0.05, 0.1) is 0 Å². The second kappa shape index (κ2) is 6.26. The van der Waals surface area contributed by atoms with Crippen LogP contribution in [0.3, 0.4) is 0 Å². The quantitative estimate of drug-likeness (QED) is 0.833. The monoisotopic (exact) mass is 270 g/mol. The lowest BCUT2D eigenvalue weighted by molar-refractivity contribution is -0.122. The molecule has 1 aliphatic carbocycles. The van der Waals surface area contributed by atoms with Crippen LogP contribution in [0.2, 0.25) is 0 Å². The standard InChI is InChI=1S/C14H26N2O3/c1-10(8-9-15-12(17)11-6-7-11)16(5)13(18)19-14(2,3)4/h10-11H,6-9H2,1-5H3,(H,15,17)/t10-/m0/s1. The Balaban J connectivity index is 2.25. The van der Waals surface area contributed by atoms with E-state index in [0.717, 1.165) is 19.3 Å². The molecular formula is C14H26N2O3. The third kappa shape index (κ3) is 5.94. The van der Waals surface area contributed by atoms with Crippen molar-refractivity contribution < 1.29 is 14.3 Å². The van der Waals surface area contributed by atoms with E-state index in [4.69, 9.17) is 4.74 Å². The van der Waals surface area contributed by atoms with Gasteiger partial charge in [-0.1, -0.05) is 0 Å². The van der Waals surface area contributed by atoms with Crippen LogP contribution in [0, 0.1) is 5.92 Å². The molecule has 0 radical (unpaired) electrons. The predicted octanol–water partition coefficient (Wildman–Crippen LogP) is 2.16. The van der Waals surface area contributed by atoms with E-state index >= 15 is 0 Å². The summed E-state index contributed by atoms with van der Waals surface area (Å²) in [5, 5.41) is 2.90. The summed E-state index contributed by atoms with van der Waals surface area (Å²) in [5.74, 6) is 0.381. The highest BCUT2D eigenvalue weighted by Crippen LogP contribution is 2.28. The molecule has 5 heteroatoms. The van der Waals surface area contributed by atoms with E-state index in [0.29, 0.717) is 6.54 Å². The van der Waals surface area contributed by atoms with Gasteiger partial charge in [-0.3, -0.25) is 4.79 Å². The Labute approximate surface area is 115 Å². The Morgan fingerprint density at radius 2 is 1.95 bits per heavy atom. The molecule has 19 heavy (non-hydrogen) atoms. The van der Waals surface area contributed by atoms with Crippen molar-refractivity contribution in [3.63, 3.8) is 0 Å². The molecule has 0 unspecified atom stereocenters. The van der Waals surface area contributed by atoms with Gasteiger partial charge in [-0.15, -0.1) is 0 Å². The molecular weight excluding hydrogens is 244 g/mol. The topological polar surface area (TPSA) is 58.6 Å². The average Bonchev–Trinajstić information content (AvgIpc) is 3.08. The molecule has 2 amide bonds. The molecule has 110 valence electrons. The largest absolute Gasteiger partial charge is 0.444 e. The molecule has 0 aromatic carbocycles. The maximum Gasteiger partial charge on any atom is 0.410 e. The van der Waals surface area contributed by atoms with E-state index in [9.17, 15) is 9.59 Å². The molecule has 1 atom stereocenters. The summed E-state index contributed by atoms with van der Waals surface area (Å²) in [6.07, 6.45) is 2.43. The molecule has 0 bridgehead atoms. The molecule has 0 aromatic rings. The summed E-state index contributed by atoms with van der Waals surface area (Å²) >= 11 is 0. The zero-order valence-electron chi connectivity index (χ0n) is 12.7. The molecule has 5 nitrogen and oxygen atoms in total. The molecule has 1 saturated carbocycles. The van der Waals surface area contributed by atoms with Crippen molar-refractivity contribution in [2.75, 3.05) is 13.6 Å². The molecule has 1 aliphatic rings. The smallest absolute Gasteiger partial charge is 0.410 e. The number of ether oxygens (including phenoxy) is 1. The van der Waals surface area contributed by atoms with Crippen molar-refractivity contribution >= 4 is 12.0 Å². The number of rotatable bonds is 5. The van der Waals surface area contributed by atoms with E-state index in [1.165, 1.54) is 0 Å². The Morgan fingerprint density at radius 1 is 1.37 bits per heavy atom. The summed E-state index contributed by atoms with van der Waals surface area (Å²) in [6, 6.07) is 0.0364. The minimum Gasteiger partial charge on any atom is -0.444 e. The number of hydrogen-bond donors (Lipinski definition) is 1. The highest BCUT2D eigenvalue weighted by Gasteiger charge is 2.29. The Bertz CT molecular complexity index is 332. The van der Waals surface area contributed by atoms with E-state index in [2.05, 4.69) is 5.32 Å². The first-order valence-electron chi connectivity index (χ1n) is 6.94. The van der Waals surface area contributed by atoms with Gasteiger partial charge in [0.15, 0.2) is 0 Å².